The van der Waals surface area contributed by atoms with Gasteiger partial charge in [0.15, 0.2) is 11.5 Å². The summed E-state index contributed by atoms with van der Waals surface area (Å²) in [4.78, 5) is 12.1. The number of piperidine rings is 1. The van der Waals surface area contributed by atoms with Gasteiger partial charge in [0.05, 0.1) is 20.5 Å². The summed E-state index contributed by atoms with van der Waals surface area (Å²) in [5.74, 6) is 1.29. The van der Waals surface area contributed by atoms with E-state index < -0.39 is 10.0 Å². The van der Waals surface area contributed by atoms with Gasteiger partial charge in [-0.1, -0.05) is 6.07 Å². The number of rotatable bonds is 7. The Kier molecular flexibility index (Phi) is 6.66. The van der Waals surface area contributed by atoms with E-state index in [4.69, 9.17) is 9.47 Å². The van der Waals surface area contributed by atoms with Crippen molar-refractivity contribution in [3.63, 3.8) is 0 Å². The van der Waals surface area contributed by atoms with Gasteiger partial charge in [-0.25, -0.2) is 12.7 Å². The molecule has 0 spiro atoms. The minimum absolute atomic E-state index is 0.0207. The molecule has 0 aliphatic carbocycles. The van der Waals surface area contributed by atoms with Gasteiger partial charge < -0.3 is 14.8 Å². The molecule has 1 saturated heterocycles. The second kappa shape index (κ2) is 8.53. The molecule has 1 heterocycles. The number of carbonyl (C=O) groups is 1. The van der Waals surface area contributed by atoms with Gasteiger partial charge in [0.1, 0.15) is 0 Å². The van der Waals surface area contributed by atoms with E-state index in [0.29, 0.717) is 50.3 Å². The van der Waals surface area contributed by atoms with Crippen molar-refractivity contribution in [1.29, 1.82) is 0 Å². The Morgan fingerprint density at radius 3 is 2.40 bits per heavy atom. The molecule has 0 aromatic heterocycles. The topological polar surface area (TPSA) is 84.9 Å². The van der Waals surface area contributed by atoms with Crippen LogP contribution in [0.25, 0.3) is 0 Å². The highest BCUT2D eigenvalue weighted by atomic mass is 32.2. The fraction of sp³-hybridized carbons (Fsp3) is 0.588. The Labute approximate surface area is 149 Å². The minimum atomic E-state index is -3.14. The molecule has 1 amide bonds. The molecule has 0 atom stereocenters. The summed E-state index contributed by atoms with van der Waals surface area (Å²) < 4.78 is 34.9. The van der Waals surface area contributed by atoms with Crippen LogP contribution in [0.5, 0.6) is 11.5 Å². The predicted octanol–water partition coefficient (Wildman–Crippen LogP) is 1.18. The Bertz CT molecular complexity index is 697. The number of sulfonamides is 1. The van der Waals surface area contributed by atoms with Gasteiger partial charge >= 0.3 is 0 Å². The lowest BCUT2D eigenvalue weighted by Crippen LogP contribution is -2.46. The average Bonchev–Trinajstić information content (AvgIpc) is 2.59. The van der Waals surface area contributed by atoms with Gasteiger partial charge in [0.2, 0.25) is 15.9 Å². The van der Waals surface area contributed by atoms with E-state index in [1.807, 2.05) is 18.2 Å². The zero-order valence-electron chi connectivity index (χ0n) is 14.9. The van der Waals surface area contributed by atoms with Crippen LogP contribution < -0.4 is 14.8 Å². The lowest BCUT2D eigenvalue weighted by molar-refractivity contribution is -0.122. The Hall–Kier alpha value is -1.80. The molecule has 1 aliphatic heterocycles. The van der Waals surface area contributed by atoms with Crippen LogP contribution in [0, 0.1) is 0 Å². The number of methoxy groups -OCH3 is 2. The number of amides is 1. The van der Waals surface area contributed by atoms with Gasteiger partial charge in [0, 0.05) is 25.6 Å². The zero-order valence-corrected chi connectivity index (χ0v) is 15.8. The fourth-order valence-corrected chi connectivity index (χ4v) is 3.80. The molecule has 8 heteroatoms. The molecule has 25 heavy (non-hydrogen) atoms. The number of hydrogen-bond donors (Lipinski definition) is 1. The molecule has 7 nitrogen and oxygen atoms in total. The predicted molar refractivity (Wildman–Crippen MR) is 95.4 cm³/mol. The molecule has 0 unspecified atom stereocenters. The van der Waals surface area contributed by atoms with Crippen molar-refractivity contribution in [2.45, 2.75) is 31.7 Å². The maximum Gasteiger partial charge on any atom is 0.220 e. The Morgan fingerprint density at radius 1 is 1.20 bits per heavy atom. The van der Waals surface area contributed by atoms with Crippen molar-refractivity contribution in [2.24, 2.45) is 0 Å². The first kappa shape index (κ1) is 19.5. The van der Waals surface area contributed by atoms with Gasteiger partial charge in [-0.3, -0.25) is 4.79 Å². The van der Waals surface area contributed by atoms with E-state index in [9.17, 15) is 13.2 Å². The van der Waals surface area contributed by atoms with Crippen molar-refractivity contribution in [2.75, 3.05) is 33.6 Å². The highest BCUT2D eigenvalue weighted by Crippen LogP contribution is 2.28. The monoisotopic (exact) mass is 370 g/mol. The molecular weight excluding hydrogens is 344 g/mol. The quantitative estimate of drug-likeness (QED) is 0.779. The van der Waals surface area contributed by atoms with Crippen LogP contribution in [0.4, 0.5) is 0 Å². The Balaban J connectivity index is 1.80. The lowest BCUT2D eigenvalue weighted by atomic mass is 10.1. The maximum atomic E-state index is 12.1. The smallest absolute Gasteiger partial charge is 0.220 e. The van der Waals surface area contributed by atoms with Crippen molar-refractivity contribution in [1.82, 2.24) is 9.62 Å². The minimum Gasteiger partial charge on any atom is -0.493 e. The molecule has 1 N–H and O–H groups in total. The van der Waals surface area contributed by atoms with E-state index in [0.717, 1.165) is 5.56 Å². The highest BCUT2D eigenvalue weighted by Gasteiger charge is 2.25. The SMILES string of the molecule is COc1ccc(CCC(=O)NC2CCN(S(C)(=O)=O)CC2)cc1OC. The zero-order chi connectivity index (χ0) is 18.4. The summed E-state index contributed by atoms with van der Waals surface area (Å²) in [6.07, 6.45) is 3.50. The normalized spacial score (nSPS) is 16.4. The van der Waals surface area contributed by atoms with Gasteiger partial charge in [-0.2, -0.15) is 0 Å². The van der Waals surface area contributed by atoms with Crippen LogP contribution in [0.1, 0.15) is 24.8 Å². The first-order valence-electron chi connectivity index (χ1n) is 8.29. The van der Waals surface area contributed by atoms with Crippen LogP contribution in [-0.2, 0) is 21.2 Å². The average molecular weight is 370 g/mol. The van der Waals surface area contributed by atoms with Gasteiger partial charge in [0.25, 0.3) is 0 Å². The van der Waals surface area contributed by atoms with Gasteiger partial charge in [-0.05, 0) is 37.0 Å². The third kappa shape index (κ3) is 5.61. The first-order chi connectivity index (χ1) is 11.8. The maximum absolute atomic E-state index is 12.1. The third-order valence-electron chi connectivity index (χ3n) is 4.38. The number of nitrogens with one attached hydrogen (secondary N) is 1. The number of carbonyl (C=O) groups excluding carboxylic acids is 1. The summed E-state index contributed by atoms with van der Waals surface area (Å²) in [5, 5.41) is 3.00. The van der Waals surface area contributed by atoms with Crippen LogP contribution in [0.3, 0.4) is 0 Å². The summed E-state index contributed by atoms with van der Waals surface area (Å²) in [7, 11) is 0.0260. The first-order valence-corrected chi connectivity index (χ1v) is 10.1. The van der Waals surface area contributed by atoms with Crippen LogP contribution >= 0.6 is 0 Å². The third-order valence-corrected chi connectivity index (χ3v) is 5.68. The van der Waals surface area contributed by atoms with Crippen LogP contribution in [-0.4, -0.2) is 58.2 Å². The van der Waals surface area contributed by atoms with Crippen molar-refractivity contribution in [3.8, 4) is 11.5 Å². The lowest BCUT2D eigenvalue weighted by Gasteiger charge is -2.30. The summed E-state index contributed by atoms with van der Waals surface area (Å²) in [5.41, 5.74) is 1.000. The second-order valence-corrected chi connectivity index (χ2v) is 8.18. The van der Waals surface area contributed by atoms with E-state index in [2.05, 4.69) is 5.32 Å². The molecule has 1 aromatic carbocycles. The van der Waals surface area contributed by atoms with E-state index in [1.165, 1.54) is 10.6 Å². The molecular formula is C17H26N2O5S. The number of hydrogen-bond acceptors (Lipinski definition) is 5. The van der Waals surface area contributed by atoms with Crippen molar-refractivity contribution >= 4 is 15.9 Å². The van der Waals surface area contributed by atoms with Crippen LogP contribution in [0.15, 0.2) is 18.2 Å². The summed E-state index contributed by atoms with van der Waals surface area (Å²) in [6.45, 7) is 0.916. The van der Waals surface area contributed by atoms with Crippen molar-refractivity contribution in [3.05, 3.63) is 23.8 Å². The second-order valence-electron chi connectivity index (χ2n) is 6.19. The Morgan fingerprint density at radius 2 is 1.84 bits per heavy atom. The van der Waals surface area contributed by atoms with E-state index in [-0.39, 0.29) is 11.9 Å². The summed E-state index contributed by atoms with van der Waals surface area (Å²) >= 11 is 0. The molecule has 1 aromatic rings. The molecule has 0 bridgehead atoms. The number of ether oxygens (including phenoxy) is 2. The van der Waals surface area contributed by atoms with Crippen molar-refractivity contribution < 1.29 is 22.7 Å². The van der Waals surface area contributed by atoms with E-state index in [1.54, 1.807) is 14.2 Å². The van der Waals surface area contributed by atoms with E-state index >= 15 is 0 Å². The largest absolute Gasteiger partial charge is 0.493 e. The van der Waals surface area contributed by atoms with Gasteiger partial charge in [-0.15, -0.1) is 0 Å². The van der Waals surface area contributed by atoms with Crippen LogP contribution in [0.2, 0.25) is 0 Å². The number of benzene rings is 1. The molecule has 1 aliphatic rings. The molecule has 0 saturated carbocycles. The molecule has 2 rings (SSSR count). The number of nitrogens with zero attached hydrogens (tertiary/aromatic N) is 1. The standard InChI is InChI=1S/C17H26N2O5S/c1-23-15-6-4-13(12-16(15)24-2)5-7-17(20)18-14-8-10-19(11-9-14)25(3,21)22/h4,6,12,14H,5,7-11H2,1-3H3,(H,18,20). The molecule has 140 valence electrons. The molecule has 1 fully saturated rings. The highest BCUT2D eigenvalue weighted by molar-refractivity contribution is 7.88. The fourth-order valence-electron chi connectivity index (χ4n) is 2.93. The molecule has 0 radical (unpaired) electrons. The summed E-state index contributed by atoms with van der Waals surface area (Å²) in [6, 6.07) is 5.65. The number of aryl methyl sites for hydroxylation is 1.